The summed E-state index contributed by atoms with van der Waals surface area (Å²) in [5.41, 5.74) is -5.85. The van der Waals surface area contributed by atoms with Crippen LogP contribution in [0.5, 0.6) is 0 Å². The Morgan fingerprint density at radius 2 is 1.15 bits per heavy atom. The molecule has 0 aromatic heterocycles. The van der Waals surface area contributed by atoms with Crippen molar-refractivity contribution in [3.8, 4) is 23.7 Å². The molecule has 0 amide bonds. The van der Waals surface area contributed by atoms with Crippen LogP contribution in [0, 0.1) is 23.7 Å². The molecule has 2 saturated heterocycles. The van der Waals surface area contributed by atoms with Crippen LogP contribution in [0.15, 0.2) is 23.7 Å². The minimum Gasteiger partial charge on any atom is -0.484 e. The van der Waals surface area contributed by atoms with Crippen LogP contribution in [0.3, 0.4) is 0 Å². The molecule has 0 aromatic carbocycles. The summed E-state index contributed by atoms with van der Waals surface area (Å²) in [7, 11) is 0. The summed E-state index contributed by atoms with van der Waals surface area (Å²) in [5, 5.41) is 39.8. The largest absolute Gasteiger partial charge is 0.484 e. The van der Waals surface area contributed by atoms with E-state index in [1.165, 1.54) is 12.2 Å². The number of ketones is 2. The Morgan fingerprint density at radius 1 is 0.761 bits per heavy atom. The Bertz CT molecular complexity index is 1150. The maximum absolute atomic E-state index is 12.0. The van der Waals surface area contributed by atoms with E-state index in [0.717, 1.165) is 38.5 Å². The van der Waals surface area contributed by atoms with Crippen LogP contribution < -0.4 is 0 Å². The van der Waals surface area contributed by atoms with Crippen molar-refractivity contribution >= 4 is 11.6 Å². The topological polar surface area (TPSA) is 170 Å². The predicted octanol–water partition coefficient (Wildman–Crippen LogP) is 1.82. The highest BCUT2D eigenvalue weighted by Crippen LogP contribution is 2.33. The van der Waals surface area contributed by atoms with Gasteiger partial charge in [0.05, 0.1) is 24.7 Å². The first-order chi connectivity index (χ1) is 21.7. The highest BCUT2D eigenvalue weighted by Gasteiger charge is 2.46. The van der Waals surface area contributed by atoms with Crippen molar-refractivity contribution < 1.29 is 58.4 Å². The quantitative estimate of drug-likeness (QED) is 0.254. The second-order valence-corrected chi connectivity index (χ2v) is 12.5. The van der Waals surface area contributed by atoms with E-state index >= 15 is 0 Å². The molecule has 4 aliphatic heterocycles. The van der Waals surface area contributed by atoms with E-state index in [4.69, 9.17) is 28.4 Å². The molecule has 0 radical (unpaired) electrons. The van der Waals surface area contributed by atoms with Crippen molar-refractivity contribution in [3.05, 3.63) is 23.7 Å². The Kier molecular flexibility index (Phi) is 13.8. The molecule has 12 nitrogen and oxygen atoms in total. The lowest BCUT2D eigenvalue weighted by Crippen LogP contribution is -2.45. The molecule has 256 valence electrons. The highest BCUT2D eigenvalue weighted by molar-refractivity contribution is 5.99. The van der Waals surface area contributed by atoms with Gasteiger partial charge in [-0.15, -0.1) is 0 Å². The fourth-order valence-electron chi connectivity index (χ4n) is 5.54. The molecule has 4 rings (SSSR count). The number of aliphatic hydroxyl groups is 4. The summed E-state index contributed by atoms with van der Waals surface area (Å²) >= 11 is 0. The first-order valence-electron chi connectivity index (χ1n) is 15.7. The van der Waals surface area contributed by atoms with Crippen LogP contribution in [-0.4, -0.2) is 107 Å². The van der Waals surface area contributed by atoms with Gasteiger partial charge in [0.25, 0.3) is 0 Å². The molecule has 4 unspecified atom stereocenters. The van der Waals surface area contributed by atoms with Crippen molar-refractivity contribution in [1.29, 1.82) is 0 Å². The molecule has 0 aromatic rings. The number of allylic oxidation sites excluding steroid dienone is 2. The molecule has 4 N–H and O–H groups in total. The zero-order valence-corrected chi connectivity index (χ0v) is 27.3. The van der Waals surface area contributed by atoms with E-state index in [1.54, 1.807) is 27.7 Å². The van der Waals surface area contributed by atoms with Gasteiger partial charge in [-0.05, 0) is 66.2 Å². The molecule has 4 aliphatic rings. The predicted molar refractivity (Wildman–Crippen MR) is 164 cm³/mol. The van der Waals surface area contributed by atoms with Gasteiger partial charge < -0.3 is 48.8 Å². The van der Waals surface area contributed by atoms with Crippen molar-refractivity contribution in [1.82, 2.24) is 0 Å². The number of hydrogen-bond donors (Lipinski definition) is 4. The fraction of sp³-hybridized carbons (Fsp3) is 0.706. The van der Waals surface area contributed by atoms with E-state index in [-0.39, 0.29) is 50.2 Å². The number of rotatable bonds is 10. The SMILES string of the molecule is CC1=CC(=O)C(C)(C[C@@](O)(C#CCOC2CCCCO2)CO)O1.CC1=CC(=O)C(C)(C[C@](O)(C#CCOC2CCCCO2)CO)O1. The Labute approximate surface area is 271 Å². The molecule has 12 heteroatoms. The summed E-state index contributed by atoms with van der Waals surface area (Å²) < 4.78 is 32.7. The maximum atomic E-state index is 12.0. The molecule has 0 saturated carbocycles. The molecule has 0 spiro atoms. The lowest BCUT2D eigenvalue weighted by atomic mass is 9.86. The smallest absolute Gasteiger partial charge is 0.202 e. The van der Waals surface area contributed by atoms with Crippen molar-refractivity contribution in [3.63, 3.8) is 0 Å². The Morgan fingerprint density at radius 3 is 1.43 bits per heavy atom. The number of aliphatic hydroxyl groups excluding tert-OH is 2. The third-order valence-electron chi connectivity index (χ3n) is 7.87. The summed E-state index contributed by atoms with van der Waals surface area (Å²) in [5.74, 6) is 11.1. The van der Waals surface area contributed by atoms with Crippen LogP contribution in [0.2, 0.25) is 0 Å². The summed E-state index contributed by atoms with van der Waals surface area (Å²) in [6.45, 7) is 6.87. The second-order valence-electron chi connectivity index (χ2n) is 12.5. The van der Waals surface area contributed by atoms with E-state index in [2.05, 4.69) is 23.7 Å². The lowest BCUT2D eigenvalue weighted by Gasteiger charge is -2.30. The van der Waals surface area contributed by atoms with E-state index < -0.39 is 35.6 Å². The van der Waals surface area contributed by atoms with Crippen molar-refractivity contribution in [2.24, 2.45) is 0 Å². The molecular formula is C34H48O12. The van der Waals surface area contributed by atoms with Crippen LogP contribution in [-0.2, 0) is 38.0 Å². The van der Waals surface area contributed by atoms with Gasteiger partial charge in [-0.2, -0.15) is 0 Å². The highest BCUT2D eigenvalue weighted by atomic mass is 16.7. The van der Waals surface area contributed by atoms with E-state index in [9.17, 15) is 30.0 Å². The van der Waals surface area contributed by atoms with Gasteiger partial charge in [0.2, 0.25) is 11.6 Å². The van der Waals surface area contributed by atoms with Crippen molar-refractivity contribution in [2.45, 2.75) is 114 Å². The van der Waals surface area contributed by atoms with Gasteiger partial charge >= 0.3 is 0 Å². The molecule has 6 atom stereocenters. The average molecular weight is 649 g/mol. The number of carbonyl (C=O) groups excluding carboxylic acids is 2. The van der Waals surface area contributed by atoms with Crippen LogP contribution >= 0.6 is 0 Å². The van der Waals surface area contributed by atoms with E-state index in [1.807, 2.05) is 0 Å². The first kappa shape index (κ1) is 37.7. The van der Waals surface area contributed by atoms with Gasteiger partial charge in [-0.25, -0.2) is 0 Å². The average Bonchev–Trinajstić information content (AvgIpc) is 3.43. The van der Waals surface area contributed by atoms with Gasteiger partial charge in [0.15, 0.2) is 35.0 Å². The molecule has 4 heterocycles. The maximum Gasteiger partial charge on any atom is 0.202 e. The lowest BCUT2D eigenvalue weighted by molar-refractivity contribution is -0.154. The Hall–Kier alpha value is -2.78. The molecule has 0 aliphatic carbocycles. The van der Waals surface area contributed by atoms with Gasteiger partial charge in [-0.3, -0.25) is 9.59 Å². The van der Waals surface area contributed by atoms with Gasteiger partial charge in [0, 0.05) is 38.2 Å². The number of carbonyl (C=O) groups is 2. The fourth-order valence-corrected chi connectivity index (χ4v) is 5.54. The Balaban J connectivity index is 0.000000250. The zero-order valence-electron chi connectivity index (χ0n) is 27.3. The summed E-state index contributed by atoms with van der Waals surface area (Å²) in [4.78, 5) is 23.9. The molecule has 2 fully saturated rings. The van der Waals surface area contributed by atoms with Crippen LogP contribution in [0.4, 0.5) is 0 Å². The number of hydrogen-bond acceptors (Lipinski definition) is 12. The molecule has 0 bridgehead atoms. The van der Waals surface area contributed by atoms with Crippen molar-refractivity contribution in [2.75, 3.05) is 39.6 Å². The standard InChI is InChI=1S/2C17H24O6/c2*1-13-10-14(19)16(2,23-13)11-17(20,12-18)7-5-9-22-15-6-3-4-8-21-15/h2*10,15,18,20H,3-4,6,8-9,11-12H2,1-2H3/t2*15?,16?,17-/m10/s1. The van der Waals surface area contributed by atoms with Gasteiger partial charge in [0.1, 0.15) is 13.2 Å². The summed E-state index contributed by atoms with van der Waals surface area (Å²) in [6, 6.07) is 0. The van der Waals surface area contributed by atoms with Crippen LogP contribution in [0.1, 0.15) is 79.1 Å². The zero-order chi connectivity index (χ0) is 33.8. The third-order valence-corrected chi connectivity index (χ3v) is 7.87. The normalized spacial score (nSPS) is 30.0. The second kappa shape index (κ2) is 16.9. The monoisotopic (exact) mass is 648 g/mol. The van der Waals surface area contributed by atoms with E-state index in [0.29, 0.717) is 24.7 Å². The minimum absolute atomic E-state index is 0.0930. The summed E-state index contributed by atoms with van der Waals surface area (Å²) in [6.07, 6.45) is 7.87. The number of ether oxygens (including phenoxy) is 6. The van der Waals surface area contributed by atoms with Gasteiger partial charge in [-0.1, -0.05) is 23.7 Å². The minimum atomic E-state index is -1.72. The molecular weight excluding hydrogens is 600 g/mol. The first-order valence-corrected chi connectivity index (χ1v) is 15.7. The molecule has 46 heavy (non-hydrogen) atoms. The third kappa shape index (κ3) is 11.2. The van der Waals surface area contributed by atoms with Crippen LogP contribution in [0.25, 0.3) is 0 Å².